The number of aromatic nitrogens is 5. The molecule has 0 aliphatic rings. The summed E-state index contributed by atoms with van der Waals surface area (Å²) < 4.78 is 45.6. The van der Waals surface area contributed by atoms with Crippen LogP contribution in [-0.2, 0) is 0 Å². The van der Waals surface area contributed by atoms with E-state index in [1.165, 1.54) is 36.1 Å². The number of aliphatic hydroxyl groups excluding tert-OH is 1. The molecule has 3 aromatic heterocycles. The molecule has 2 aromatic carbocycles. The monoisotopic (exact) mass is 503 g/mol. The minimum atomic E-state index is -1.01. The van der Waals surface area contributed by atoms with Gasteiger partial charge in [0.05, 0.1) is 22.8 Å². The quantitative estimate of drug-likeness (QED) is 0.337. The summed E-state index contributed by atoms with van der Waals surface area (Å²) in [7, 11) is 0. The van der Waals surface area contributed by atoms with Crippen molar-refractivity contribution in [1.29, 1.82) is 5.26 Å². The lowest BCUT2D eigenvalue weighted by atomic mass is 10.1. The zero-order chi connectivity index (χ0) is 26.4. The summed E-state index contributed by atoms with van der Waals surface area (Å²) in [6.45, 7) is 4.75. The van der Waals surface area contributed by atoms with Crippen molar-refractivity contribution in [1.82, 2.24) is 24.3 Å². The van der Waals surface area contributed by atoms with Crippen LogP contribution in [0.15, 0.2) is 48.8 Å². The van der Waals surface area contributed by atoms with E-state index in [2.05, 4.69) is 20.4 Å². The molecule has 2 N–H and O–H groups in total. The smallest absolute Gasteiger partial charge is 0.163 e. The van der Waals surface area contributed by atoms with Crippen LogP contribution in [0, 0.1) is 42.6 Å². The Kier molecular flexibility index (Phi) is 5.89. The van der Waals surface area contributed by atoms with Crippen molar-refractivity contribution in [2.45, 2.75) is 26.9 Å². The van der Waals surface area contributed by atoms with Crippen LogP contribution in [0.5, 0.6) is 0 Å². The van der Waals surface area contributed by atoms with E-state index in [0.717, 1.165) is 6.07 Å². The third-order valence-electron chi connectivity index (χ3n) is 6.03. The number of benzene rings is 2. The fourth-order valence-electron chi connectivity index (χ4n) is 4.06. The number of hydrogen-bond donors (Lipinski definition) is 2. The number of nitrogens with one attached hydrogen (secondary N) is 1. The van der Waals surface area contributed by atoms with Crippen LogP contribution >= 0.6 is 0 Å². The lowest BCUT2D eigenvalue weighted by Crippen LogP contribution is -2.11. The summed E-state index contributed by atoms with van der Waals surface area (Å²) in [4.78, 5) is 9.01. The molecule has 3 heterocycles. The molecule has 1 atom stereocenters. The summed E-state index contributed by atoms with van der Waals surface area (Å²) in [6.07, 6.45) is 0.609. The van der Waals surface area contributed by atoms with Crippen LogP contribution in [0.25, 0.3) is 22.7 Å². The van der Waals surface area contributed by atoms with Gasteiger partial charge in [-0.2, -0.15) is 10.4 Å². The molecular formula is C26H20F3N7O. The van der Waals surface area contributed by atoms with Gasteiger partial charge in [-0.1, -0.05) is 0 Å². The Balaban J connectivity index is 1.59. The Morgan fingerprint density at radius 2 is 1.81 bits per heavy atom. The highest BCUT2D eigenvalue weighted by molar-refractivity contribution is 5.83. The van der Waals surface area contributed by atoms with Gasteiger partial charge in [-0.15, -0.1) is 0 Å². The summed E-state index contributed by atoms with van der Waals surface area (Å²) in [5.41, 5.74) is 2.46. The van der Waals surface area contributed by atoms with Crippen molar-refractivity contribution in [2.75, 3.05) is 5.32 Å². The van der Waals surface area contributed by atoms with Crippen LogP contribution in [0.1, 0.15) is 35.5 Å². The molecule has 11 heteroatoms. The van der Waals surface area contributed by atoms with E-state index < -0.39 is 23.6 Å². The van der Waals surface area contributed by atoms with E-state index in [-0.39, 0.29) is 22.6 Å². The third kappa shape index (κ3) is 4.17. The molecule has 0 amide bonds. The number of aryl methyl sites for hydroxylation is 1. The van der Waals surface area contributed by atoms with Crippen LogP contribution in [0.3, 0.4) is 0 Å². The van der Waals surface area contributed by atoms with Crippen LogP contribution in [0.2, 0.25) is 0 Å². The molecule has 5 rings (SSSR count). The van der Waals surface area contributed by atoms with E-state index >= 15 is 4.39 Å². The minimum Gasteiger partial charge on any atom is -0.389 e. The van der Waals surface area contributed by atoms with Gasteiger partial charge in [0.25, 0.3) is 0 Å². The van der Waals surface area contributed by atoms with Gasteiger partial charge < -0.3 is 10.4 Å². The van der Waals surface area contributed by atoms with Crippen molar-refractivity contribution < 1.29 is 18.3 Å². The van der Waals surface area contributed by atoms with Gasteiger partial charge in [-0.25, -0.2) is 27.8 Å². The highest BCUT2D eigenvalue weighted by Gasteiger charge is 2.19. The van der Waals surface area contributed by atoms with Crippen molar-refractivity contribution in [3.05, 3.63) is 88.8 Å². The molecule has 0 spiro atoms. The molecule has 0 saturated carbocycles. The van der Waals surface area contributed by atoms with E-state index in [1.807, 2.05) is 6.07 Å². The van der Waals surface area contributed by atoms with Gasteiger partial charge >= 0.3 is 0 Å². The van der Waals surface area contributed by atoms with Crippen molar-refractivity contribution in [3.8, 4) is 17.7 Å². The molecule has 0 aliphatic heterocycles. The summed E-state index contributed by atoms with van der Waals surface area (Å²) in [6, 6.07) is 12.0. The lowest BCUT2D eigenvalue weighted by molar-refractivity contribution is 0.198. The predicted octanol–water partition coefficient (Wildman–Crippen LogP) is 5.31. The maximum atomic E-state index is 15.1. The molecular weight excluding hydrogens is 483 g/mol. The van der Waals surface area contributed by atoms with E-state index in [4.69, 9.17) is 0 Å². The second kappa shape index (κ2) is 9.07. The number of anilines is 2. The number of imidazole rings is 1. The second-order valence-corrected chi connectivity index (χ2v) is 8.55. The minimum absolute atomic E-state index is 0.0217. The van der Waals surface area contributed by atoms with Crippen molar-refractivity contribution in [3.63, 3.8) is 0 Å². The molecule has 0 saturated heterocycles. The number of fused-ring (bicyclic) bond motifs is 1. The first-order valence-corrected chi connectivity index (χ1v) is 11.2. The van der Waals surface area contributed by atoms with Crippen molar-refractivity contribution >= 4 is 22.4 Å². The molecule has 0 aliphatic carbocycles. The molecule has 5 aromatic rings. The predicted molar refractivity (Wildman–Crippen MR) is 130 cm³/mol. The largest absolute Gasteiger partial charge is 0.389 e. The first kappa shape index (κ1) is 24.0. The molecule has 0 bridgehead atoms. The molecule has 37 heavy (non-hydrogen) atoms. The number of nitriles is 1. The van der Waals surface area contributed by atoms with E-state index in [1.54, 1.807) is 36.6 Å². The maximum absolute atomic E-state index is 15.1. The molecule has 0 radical (unpaired) electrons. The topological polar surface area (TPSA) is 105 Å². The summed E-state index contributed by atoms with van der Waals surface area (Å²) in [5, 5.41) is 26.6. The number of halogens is 3. The van der Waals surface area contributed by atoms with Crippen LogP contribution < -0.4 is 5.32 Å². The third-order valence-corrected chi connectivity index (χ3v) is 6.03. The first-order chi connectivity index (χ1) is 17.7. The Hall–Kier alpha value is -4.69. The Morgan fingerprint density at radius 1 is 1.03 bits per heavy atom. The van der Waals surface area contributed by atoms with Gasteiger partial charge in [-0.3, -0.25) is 4.57 Å². The Bertz CT molecular complexity index is 1720. The number of rotatable bonds is 5. The molecule has 0 fully saturated rings. The van der Waals surface area contributed by atoms with Crippen LogP contribution in [-0.4, -0.2) is 29.4 Å². The zero-order valence-corrected chi connectivity index (χ0v) is 20.0. The first-order valence-electron chi connectivity index (χ1n) is 11.2. The normalized spacial score (nSPS) is 12.1. The van der Waals surface area contributed by atoms with Gasteiger partial charge in [0.1, 0.15) is 24.0 Å². The highest BCUT2D eigenvalue weighted by Crippen LogP contribution is 2.30. The average molecular weight is 503 g/mol. The van der Waals surface area contributed by atoms with Crippen LogP contribution in [0.4, 0.5) is 24.5 Å². The second-order valence-electron chi connectivity index (χ2n) is 8.55. The summed E-state index contributed by atoms with van der Waals surface area (Å²) in [5.74, 6) is -1.93. The summed E-state index contributed by atoms with van der Waals surface area (Å²) >= 11 is 0. The van der Waals surface area contributed by atoms with Crippen molar-refractivity contribution in [2.24, 2.45) is 0 Å². The van der Waals surface area contributed by atoms with E-state index in [0.29, 0.717) is 33.9 Å². The fourth-order valence-corrected chi connectivity index (χ4v) is 4.06. The molecule has 186 valence electrons. The number of pyridine rings is 1. The zero-order valence-electron chi connectivity index (χ0n) is 20.0. The highest BCUT2D eigenvalue weighted by atomic mass is 19.2. The standard InChI is InChI=1S/C26H20F3N7O/c1-13-8-16(11-30)34-36(13)26-17(15(3)37)4-7-24(33-26)35-12-31-22-10-21(19(28)9-23(22)35)32-20-6-5-18(27)25(29)14(20)2/h4-10,12,15,32,37H,1-3H3. The number of nitrogens with zero attached hydrogens (tertiary/aromatic N) is 6. The van der Waals surface area contributed by atoms with Gasteiger partial charge in [-0.05, 0) is 57.2 Å². The lowest BCUT2D eigenvalue weighted by Gasteiger charge is -2.15. The molecule has 8 nitrogen and oxygen atoms in total. The van der Waals surface area contributed by atoms with Gasteiger partial charge in [0.15, 0.2) is 23.1 Å². The van der Waals surface area contributed by atoms with Gasteiger partial charge in [0, 0.05) is 28.6 Å². The SMILES string of the molecule is Cc1c(Nc2cc3ncn(-c4ccc(C(C)O)c(-n5nc(C#N)cc5C)n4)c3cc2F)ccc(F)c1F. The van der Waals surface area contributed by atoms with E-state index in [9.17, 15) is 19.1 Å². The fraction of sp³-hybridized carbons (Fsp3) is 0.154. The number of hydrogen-bond acceptors (Lipinski definition) is 6. The Morgan fingerprint density at radius 3 is 2.51 bits per heavy atom. The number of aliphatic hydroxyl groups is 1. The average Bonchev–Trinajstić information content (AvgIpc) is 3.46. The molecule has 1 unspecified atom stereocenters. The van der Waals surface area contributed by atoms with Gasteiger partial charge in [0.2, 0.25) is 0 Å². The maximum Gasteiger partial charge on any atom is 0.163 e. The Labute approximate surface area is 209 Å².